The van der Waals surface area contributed by atoms with Crippen LogP contribution >= 0.6 is 11.6 Å². The average Bonchev–Trinajstić information content (AvgIpc) is 3.23. The number of carbonyl (C=O) groups excluding carboxylic acids is 2. The van der Waals surface area contributed by atoms with Gasteiger partial charge in [0, 0.05) is 30.4 Å². The smallest absolute Gasteiger partial charge is 0.307 e. The Balaban J connectivity index is 1.82. The van der Waals surface area contributed by atoms with Crippen LogP contribution < -0.4 is 0 Å². The van der Waals surface area contributed by atoms with Gasteiger partial charge in [0.1, 0.15) is 11.3 Å². The van der Waals surface area contributed by atoms with Crippen LogP contribution in [0.5, 0.6) is 0 Å². The Hall–Kier alpha value is -1.93. The molecule has 1 amide bonds. The summed E-state index contributed by atoms with van der Waals surface area (Å²) in [5, 5.41) is 1.77. The summed E-state index contributed by atoms with van der Waals surface area (Å²) in [6.45, 7) is 4.55. The van der Waals surface area contributed by atoms with Gasteiger partial charge in [-0.3, -0.25) is 14.4 Å². The summed E-state index contributed by atoms with van der Waals surface area (Å²) in [7, 11) is 0. The fourth-order valence-corrected chi connectivity index (χ4v) is 4.71. The van der Waals surface area contributed by atoms with E-state index in [9.17, 15) is 9.59 Å². The number of esters is 1. The molecule has 0 N–H and O–H groups in total. The van der Waals surface area contributed by atoms with E-state index in [2.05, 4.69) is 0 Å². The number of hydroxylamine groups is 2. The van der Waals surface area contributed by atoms with Crippen LogP contribution in [0, 0.1) is 0 Å². The topological polar surface area (TPSA) is 74.3 Å². The molecule has 0 aromatic heterocycles. The molecule has 0 bridgehead atoms. The van der Waals surface area contributed by atoms with E-state index in [0.29, 0.717) is 61.8 Å². The molecule has 2 fully saturated rings. The predicted octanol–water partition coefficient (Wildman–Crippen LogP) is 3.46. The summed E-state index contributed by atoms with van der Waals surface area (Å²) in [5.74, 6) is -1.20. The van der Waals surface area contributed by atoms with Crippen LogP contribution in [0.4, 0.5) is 0 Å². The quantitative estimate of drug-likeness (QED) is 0.693. The molecule has 1 aliphatic carbocycles. The third-order valence-corrected chi connectivity index (χ3v) is 6.07. The summed E-state index contributed by atoms with van der Waals surface area (Å²) >= 11 is 6.40. The van der Waals surface area contributed by atoms with Gasteiger partial charge in [0.05, 0.1) is 25.4 Å². The Bertz CT molecular complexity index is 850. The maximum atomic E-state index is 13.5. The van der Waals surface area contributed by atoms with Crippen molar-refractivity contribution in [3.8, 4) is 0 Å². The lowest BCUT2D eigenvalue weighted by Crippen LogP contribution is -2.54. The standard InChI is InChI=1S/C21H24ClNO6/c1-3-28-23-19(25)17(15-6-4-5-7-16(15)22)18(29-14(2)24)20(23)8-10-21(11-9-20)26-12-13-27-21/h4-7H,3,8-13H2,1-2H3. The number of halogens is 1. The Morgan fingerprint density at radius 3 is 2.41 bits per heavy atom. The van der Waals surface area contributed by atoms with E-state index < -0.39 is 17.3 Å². The van der Waals surface area contributed by atoms with E-state index in [4.69, 9.17) is 30.6 Å². The zero-order valence-corrected chi connectivity index (χ0v) is 17.3. The van der Waals surface area contributed by atoms with Crippen molar-refractivity contribution in [2.45, 2.75) is 50.9 Å². The monoisotopic (exact) mass is 421 g/mol. The average molecular weight is 422 g/mol. The number of carbonyl (C=O) groups is 2. The van der Waals surface area contributed by atoms with E-state index in [1.807, 2.05) is 6.92 Å². The minimum Gasteiger partial charge on any atom is -0.428 e. The first-order valence-electron chi connectivity index (χ1n) is 9.86. The number of benzene rings is 1. The molecular weight excluding hydrogens is 398 g/mol. The molecular formula is C21H24ClNO6. The number of nitrogens with zero attached hydrogens (tertiary/aromatic N) is 1. The minimum absolute atomic E-state index is 0.267. The van der Waals surface area contributed by atoms with Crippen LogP contribution in [0.25, 0.3) is 5.57 Å². The van der Waals surface area contributed by atoms with Crippen LogP contribution in [0.1, 0.15) is 45.1 Å². The van der Waals surface area contributed by atoms with Gasteiger partial charge >= 0.3 is 5.97 Å². The van der Waals surface area contributed by atoms with E-state index >= 15 is 0 Å². The van der Waals surface area contributed by atoms with Gasteiger partial charge in [-0.15, -0.1) is 0 Å². The fraction of sp³-hybridized carbons (Fsp3) is 0.524. The van der Waals surface area contributed by atoms with E-state index in [-0.39, 0.29) is 11.5 Å². The normalized spacial score (nSPS) is 22.7. The molecule has 0 atom stereocenters. The molecule has 3 aliphatic rings. The van der Waals surface area contributed by atoms with Crippen LogP contribution in [0.3, 0.4) is 0 Å². The number of hydrogen-bond donors (Lipinski definition) is 0. The molecule has 1 saturated heterocycles. The van der Waals surface area contributed by atoms with Gasteiger partial charge in [0.2, 0.25) is 0 Å². The molecule has 29 heavy (non-hydrogen) atoms. The van der Waals surface area contributed by atoms with Gasteiger partial charge in [0.25, 0.3) is 5.91 Å². The van der Waals surface area contributed by atoms with Crippen LogP contribution in [0.2, 0.25) is 5.02 Å². The van der Waals surface area contributed by atoms with Crippen LogP contribution in [-0.4, -0.2) is 48.1 Å². The Kier molecular flexibility index (Phi) is 5.42. The van der Waals surface area contributed by atoms with Crippen molar-refractivity contribution in [3.63, 3.8) is 0 Å². The lowest BCUT2D eigenvalue weighted by atomic mass is 9.77. The number of rotatable bonds is 4. The summed E-state index contributed by atoms with van der Waals surface area (Å²) in [4.78, 5) is 31.2. The third-order valence-electron chi connectivity index (χ3n) is 5.74. The van der Waals surface area contributed by atoms with Crippen molar-refractivity contribution < 1.29 is 28.6 Å². The maximum Gasteiger partial charge on any atom is 0.307 e. The molecule has 8 heteroatoms. The highest BCUT2D eigenvalue weighted by Crippen LogP contribution is 2.53. The number of hydrogen-bond acceptors (Lipinski definition) is 6. The minimum atomic E-state index is -0.909. The van der Waals surface area contributed by atoms with Gasteiger partial charge in [-0.25, -0.2) is 5.06 Å². The van der Waals surface area contributed by atoms with Crippen molar-refractivity contribution in [1.29, 1.82) is 0 Å². The molecule has 1 saturated carbocycles. The Labute approximate surface area is 174 Å². The molecule has 2 spiro atoms. The van der Waals surface area contributed by atoms with Crippen molar-refractivity contribution in [3.05, 3.63) is 40.6 Å². The predicted molar refractivity (Wildman–Crippen MR) is 104 cm³/mol. The molecule has 7 nitrogen and oxygen atoms in total. The zero-order chi connectivity index (χ0) is 20.6. The second kappa shape index (κ2) is 7.72. The van der Waals surface area contributed by atoms with Crippen molar-refractivity contribution in [2.75, 3.05) is 19.8 Å². The molecule has 2 heterocycles. The second-order valence-corrected chi connectivity index (χ2v) is 7.84. The van der Waals surface area contributed by atoms with Gasteiger partial charge in [-0.2, -0.15) is 0 Å². The molecule has 156 valence electrons. The van der Waals surface area contributed by atoms with Gasteiger partial charge in [0.15, 0.2) is 5.79 Å². The molecule has 1 aromatic rings. The summed E-state index contributed by atoms with van der Waals surface area (Å²) in [5.41, 5.74) is -0.123. The first-order valence-corrected chi connectivity index (χ1v) is 10.2. The first kappa shape index (κ1) is 20.3. The van der Waals surface area contributed by atoms with Crippen LogP contribution in [0.15, 0.2) is 30.0 Å². The lowest BCUT2D eigenvalue weighted by Gasteiger charge is -2.45. The van der Waals surface area contributed by atoms with Gasteiger partial charge in [-0.05, 0) is 25.8 Å². The molecule has 0 unspecified atom stereocenters. The highest BCUT2D eigenvalue weighted by molar-refractivity contribution is 6.35. The number of ether oxygens (including phenoxy) is 3. The second-order valence-electron chi connectivity index (χ2n) is 7.43. The first-order chi connectivity index (χ1) is 13.9. The third kappa shape index (κ3) is 3.36. The number of amides is 1. The maximum absolute atomic E-state index is 13.5. The molecule has 1 aromatic carbocycles. The van der Waals surface area contributed by atoms with Gasteiger partial charge in [-0.1, -0.05) is 29.8 Å². The van der Waals surface area contributed by atoms with Crippen molar-refractivity contribution in [1.82, 2.24) is 5.06 Å². The summed E-state index contributed by atoms with van der Waals surface area (Å²) in [6.07, 6.45) is 2.08. The SMILES string of the molecule is CCON1C(=O)C(c2ccccc2Cl)=C(OC(C)=O)C12CCC1(CC2)OCCO1. The molecule has 2 aliphatic heterocycles. The van der Waals surface area contributed by atoms with Gasteiger partial charge < -0.3 is 14.2 Å². The van der Waals surface area contributed by atoms with Crippen molar-refractivity contribution >= 4 is 29.1 Å². The van der Waals surface area contributed by atoms with Crippen LogP contribution in [-0.2, 0) is 28.6 Å². The summed E-state index contributed by atoms with van der Waals surface area (Å²) < 4.78 is 17.4. The van der Waals surface area contributed by atoms with E-state index in [1.54, 1.807) is 24.3 Å². The Morgan fingerprint density at radius 2 is 1.83 bits per heavy atom. The summed E-state index contributed by atoms with van der Waals surface area (Å²) in [6, 6.07) is 7.02. The Morgan fingerprint density at radius 1 is 1.17 bits per heavy atom. The van der Waals surface area contributed by atoms with Crippen molar-refractivity contribution in [2.24, 2.45) is 0 Å². The lowest BCUT2D eigenvalue weighted by molar-refractivity contribution is -0.240. The van der Waals surface area contributed by atoms with E-state index in [0.717, 1.165) is 0 Å². The zero-order valence-electron chi connectivity index (χ0n) is 16.5. The highest BCUT2D eigenvalue weighted by atomic mass is 35.5. The molecule has 0 radical (unpaired) electrons. The molecule has 4 rings (SSSR count). The fourth-order valence-electron chi connectivity index (χ4n) is 4.48. The largest absolute Gasteiger partial charge is 0.428 e. The van der Waals surface area contributed by atoms with E-state index in [1.165, 1.54) is 12.0 Å². The highest BCUT2D eigenvalue weighted by Gasteiger charge is 2.59.